The van der Waals surface area contributed by atoms with Crippen molar-refractivity contribution in [2.24, 2.45) is 0 Å². The van der Waals surface area contributed by atoms with E-state index in [-0.39, 0.29) is 17.4 Å². The van der Waals surface area contributed by atoms with Gasteiger partial charge in [-0.1, -0.05) is 11.6 Å². The van der Waals surface area contributed by atoms with Gasteiger partial charge in [0.05, 0.1) is 15.3 Å². The van der Waals surface area contributed by atoms with Gasteiger partial charge in [-0.25, -0.2) is 4.98 Å². The minimum atomic E-state index is -0.673. The number of rotatable bonds is 4. The quantitative estimate of drug-likeness (QED) is 0.662. The molecule has 3 N–H and O–H groups in total. The Balaban J connectivity index is 2.24. The second kappa shape index (κ2) is 6.06. The smallest absolute Gasteiger partial charge is 0.300 e. The molecule has 1 atom stereocenters. The number of aromatic nitrogens is 1. The first-order valence-electron chi connectivity index (χ1n) is 5.84. The van der Waals surface area contributed by atoms with E-state index in [0.717, 1.165) is 11.1 Å². The molecule has 2 rings (SSSR count). The molecule has 0 radical (unpaired) electrons. The highest BCUT2D eigenvalue weighted by Crippen LogP contribution is 2.27. The SMILES string of the molecule is CC(NC(=O)c1cc(N)ncc1[N+](=O)[O-])c1ccc(Cl)s1. The average Bonchev–Trinajstić information content (AvgIpc) is 2.85. The molecule has 21 heavy (non-hydrogen) atoms. The van der Waals surface area contributed by atoms with Gasteiger partial charge in [0.1, 0.15) is 17.6 Å². The molecule has 0 saturated heterocycles. The lowest BCUT2D eigenvalue weighted by Gasteiger charge is -2.12. The summed E-state index contributed by atoms with van der Waals surface area (Å²) in [6.07, 6.45) is 0.969. The summed E-state index contributed by atoms with van der Waals surface area (Å²) >= 11 is 7.16. The molecule has 1 unspecified atom stereocenters. The standard InChI is InChI=1S/C12H11ClN4O3S/c1-6(9-2-3-10(13)21-9)16-12(18)7-4-11(14)15-5-8(7)17(19)20/h2-6H,1H3,(H2,14,15)(H,16,18). The molecular formula is C12H11ClN4O3S. The highest BCUT2D eigenvalue weighted by atomic mass is 35.5. The van der Waals surface area contributed by atoms with Crippen molar-refractivity contribution in [1.29, 1.82) is 0 Å². The minimum absolute atomic E-state index is 0.0394. The maximum atomic E-state index is 12.2. The highest BCUT2D eigenvalue weighted by Gasteiger charge is 2.23. The van der Waals surface area contributed by atoms with E-state index in [1.165, 1.54) is 17.4 Å². The second-order valence-corrected chi connectivity index (χ2v) is 5.97. The molecule has 0 aliphatic rings. The van der Waals surface area contributed by atoms with Crippen molar-refractivity contribution < 1.29 is 9.72 Å². The number of hydrogen-bond acceptors (Lipinski definition) is 6. The largest absolute Gasteiger partial charge is 0.384 e. The molecule has 2 aromatic heterocycles. The van der Waals surface area contributed by atoms with Crippen molar-refractivity contribution in [3.63, 3.8) is 0 Å². The van der Waals surface area contributed by atoms with Crippen LogP contribution in [0.5, 0.6) is 0 Å². The van der Waals surface area contributed by atoms with Crippen LogP contribution in [0.1, 0.15) is 28.2 Å². The maximum Gasteiger partial charge on any atom is 0.300 e. The zero-order chi connectivity index (χ0) is 15.6. The van der Waals surface area contributed by atoms with Gasteiger partial charge >= 0.3 is 0 Å². The molecule has 0 aliphatic carbocycles. The summed E-state index contributed by atoms with van der Waals surface area (Å²) in [5, 5.41) is 13.6. The third-order valence-corrected chi connectivity index (χ3v) is 4.13. The van der Waals surface area contributed by atoms with Crippen LogP contribution in [-0.4, -0.2) is 15.8 Å². The number of hydrogen-bond donors (Lipinski definition) is 2. The second-order valence-electron chi connectivity index (χ2n) is 4.22. The van der Waals surface area contributed by atoms with Gasteiger partial charge in [-0.15, -0.1) is 11.3 Å². The number of nitrogens with two attached hydrogens (primary N) is 1. The summed E-state index contributed by atoms with van der Waals surface area (Å²) < 4.78 is 0.602. The first kappa shape index (κ1) is 15.2. The lowest BCUT2D eigenvalue weighted by atomic mass is 10.2. The van der Waals surface area contributed by atoms with Crippen LogP contribution in [0.4, 0.5) is 11.5 Å². The Morgan fingerprint density at radius 3 is 2.86 bits per heavy atom. The number of halogens is 1. The molecule has 0 saturated carbocycles. The molecule has 9 heteroatoms. The molecule has 1 amide bonds. The van der Waals surface area contributed by atoms with Gasteiger partial charge in [-0.05, 0) is 25.1 Å². The normalized spacial score (nSPS) is 11.9. The molecule has 2 heterocycles. The number of anilines is 1. The van der Waals surface area contributed by atoms with Crippen LogP contribution < -0.4 is 11.1 Å². The number of nitro groups is 1. The van der Waals surface area contributed by atoms with Crippen molar-refractivity contribution in [3.8, 4) is 0 Å². The maximum absolute atomic E-state index is 12.2. The van der Waals surface area contributed by atoms with Gasteiger partial charge in [-0.3, -0.25) is 14.9 Å². The van der Waals surface area contributed by atoms with Gasteiger partial charge in [0, 0.05) is 4.88 Å². The lowest BCUT2D eigenvalue weighted by Crippen LogP contribution is -2.27. The van der Waals surface area contributed by atoms with E-state index in [0.29, 0.717) is 4.34 Å². The van der Waals surface area contributed by atoms with E-state index in [2.05, 4.69) is 10.3 Å². The highest BCUT2D eigenvalue weighted by molar-refractivity contribution is 7.16. The van der Waals surface area contributed by atoms with E-state index in [1.54, 1.807) is 19.1 Å². The Kier molecular flexibility index (Phi) is 4.39. The Morgan fingerprint density at radius 1 is 1.57 bits per heavy atom. The van der Waals surface area contributed by atoms with E-state index < -0.39 is 16.5 Å². The Morgan fingerprint density at radius 2 is 2.29 bits per heavy atom. The fraction of sp³-hybridized carbons (Fsp3) is 0.167. The van der Waals surface area contributed by atoms with Crippen LogP contribution in [0.25, 0.3) is 0 Å². The number of thiophene rings is 1. The van der Waals surface area contributed by atoms with Crippen LogP contribution in [0.15, 0.2) is 24.4 Å². The molecule has 0 fully saturated rings. The summed E-state index contributed by atoms with van der Waals surface area (Å²) in [4.78, 5) is 26.9. The number of nitrogens with zero attached hydrogens (tertiary/aromatic N) is 2. The van der Waals surface area contributed by atoms with E-state index >= 15 is 0 Å². The van der Waals surface area contributed by atoms with Crippen molar-refractivity contribution in [2.45, 2.75) is 13.0 Å². The van der Waals surface area contributed by atoms with Gasteiger partial charge in [0.2, 0.25) is 0 Å². The summed E-state index contributed by atoms with van der Waals surface area (Å²) in [6.45, 7) is 1.76. The lowest BCUT2D eigenvalue weighted by molar-refractivity contribution is -0.385. The van der Waals surface area contributed by atoms with E-state index in [1.807, 2.05) is 0 Å². The van der Waals surface area contributed by atoms with Crippen molar-refractivity contribution in [2.75, 3.05) is 5.73 Å². The molecule has 0 bridgehead atoms. The molecule has 0 aliphatic heterocycles. The fourth-order valence-electron chi connectivity index (χ4n) is 1.70. The van der Waals surface area contributed by atoms with Crippen molar-refractivity contribution in [3.05, 3.63) is 49.3 Å². The van der Waals surface area contributed by atoms with Gasteiger partial charge < -0.3 is 11.1 Å². The molecular weight excluding hydrogens is 316 g/mol. The van der Waals surface area contributed by atoms with Crippen LogP contribution in [0.2, 0.25) is 4.34 Å². The number of pyridine rings is 1. The fourth-order valence-corrected chi connectivity index (χ4v) is 2.76. The Labute approximate surface area is 128 Å². The average molecular weight is 327 g/mol. The predicted molar refractivity (Wildman–Crippen MR) is 80.5 cm³/mol. The molecule has 2 aromatic rings. The van der Waals surface area contributed by atoms with Crippen LogP contribution in [0, 0.1) is 10.1 Å². The third kappa shape index (κ3) is 3.47. The molecule has 0 aromatic carbocycles. The van der Waals surface area contributed by atoms with Crippen LogP contribution >= 0.6 is 22.9 Å². The Hall–Kier alpha value is -2.19. The molecule has 7 nitrogen and oxygen atoms in total. The van der Waals surface area contributed by atoms with Crippen LogP contribution in [-0.2, 0) is 0 Å². The van der Waals surface area contributed by atoms with Crippen LogP contribution in [0.3, 0.4) is 0 Å². The zero-order valence-electron chi connectivity index (χ0n) is 10.9. The van der Waals surface area contributed by atoms with E-state index in [4.69, 9.17) is 17.3 Å². The molecule has 110 valence electrons. The van der Waals surface area contributed by atoms with Gasteiger partial charge in [0.15, 0.2) is 0 Å². The van der Waals surface area contributed by atoms with E-state index in [9.17, 15) is 14.9 Å². The summed E-state index contributed by atoms with van der Waals surface area (Å²) in [5.74, 6) is -0.551. The third-order valence-electron chi connectivity index (χ3n) is 2.71. The zero-order valence-corrected chi connectivity index (χ0v) is 12.4. The predicted octanol–water partition coefficient (Wildman–Crippen LogP) is 2.78. The monoisotopic (exact) mass is 326 g/mol. The summed E-state index contributed by atoms with van der Waals surface area (Å²) in [6, 6.07) is 4.36. The number of carbonyl (C=O) groups is 1. The summed E-state index contributed by atoms with van der Waals surface area (Å²) in [7, 11) is 0. The number of amides is 1. The van der Waals surface area contributed by atoms with Crippen molar-refractivity contribution in [1.82, 2.24) is 10.3 Å². The number of carbonyl (C=O) groups excluding carboxylic acids is 1. The van der Waals surface area contributed by atoms with Crippen molar-refractivity contribution >= 4 is 40.4 Å². The van der Waals surface area contributed by atoms with Gasteiger partial charge in [0.25, 0.3) is 11.6 Å². The first-order valence-corrected chi connectivity index (χ1v) is 7.04. The molecule has 0 spiro atoms. The number of nitrogens with one attached hydrogen (secondary N) is 1. The Bertz CT molecular complexity index is 704. The topological polar surface area (TPSA) is 111 Å². The summed E-state index contributed by atoms with van der Waals surface area (Å²) in [5.41, 5.74) is 4.97. The number of nitrogen functional groups attached to an aromatic ring is 1. The van der Waals surface area contributed by atoms with Gasteiger partial charge in [-0.2, -0.15) is 0 Å². The minimum Gasteiger partial charge on any atom is -0.384 e. The first-order chi connectivity index (χ1) is 9.88.